The highest BCUT2D eigenvalue weighted by atomic mass is 19.4. The van der Waals surface area contributed by atoms with E-state index < -0.39 is 11.7 Å². The molecule has 2 aliphatic heterocycles. The van der Waals surface area contributed by atoms with Gasteiger partial charge in [0.1, 0.15) is 17.7 Å². The Morgan fingerprint density at radius 3 is 2.57 bits per heavy atom. The summed E-state index contributed by atoms with van der Waals surface area (Å²) in [5.74, 6) is 0.816. The monoisotopic (exact) mass is 578 g/mol. The molecule has 0 saturated carbocycles. The van der Waals surface area contributed by atoms with E-state index in [0.29, 0.717) is 42.4 Å². The van der Waals surface area contributed by atoms with Crippen molar-refractivity contribution in [1.82, 2.24) is 29.7 Å². The van der Waals surface area contributed by atoms with E-state index in [0.717, 1.165) is 55.3 Å². The molecule has 0 radical (unpaired) electrons. The van der Waals surface area contributed by atoms with Gasteiger partial charge in [-0.15, -0.1) is 0 Å². The number of aromatic amines is 1. The predicted octanol–water partition coefficient (Wildman–Crippen LogP) is 5.03. The van der Waals surface area contributed by atoms with E-state index in [1.165, 1.54) is 6.33 Å². The number of piperazine rings is 1. The first-order valence-electron chi connectivity index (χ1n) is 14.3. The zero-order valence-electron chi connectivity index (χ0n) is 23.5. The van der Waals surface area contributed by atoms with Gasteiger partial charge in [0.25, 0.3) is 0 Å². The highest BCUT2D eigenvalue weighted by molar-refractivity contribution is 5.81. The van der Waals surface area contributed by atoms with Crippen molar-refractivity contribution in [1.29, 1.82) is 0 Å². The standard InChI is InChI=1S/C31H33F3N6O2/c1-2-38-11-13-39(14-12-38)18-23-4-3-21(15-27(23)31(32,33)34)16-28(41)40-10-8-22-5-6-25(17-24(22)19-40)42-30-26-7-9-35-29(26)36-20-37-30/h3-7,9,15,17,20H,2,8,10-14,16,18-19H2,1H3,(H,35,36,37). The Morgan fingerprint density at radius 1 is 0.976 bits per heavy atom. The molecule has 1 amide bonds. The van der Waals surface area contributed by atoms with Crippen molar-refractivity contribution in [2.24, 2.45) is 0 Å². The fourth-order valence-corrected chi connectivity index (χ4v) is 5.78. The molecule has 1 saturated heterocycles. The van der Waals surface area contributed by atoms with Gasteiger partial charge >= 0.3 is 6.18 Å². The molecule has 42 heavy (non-hydrogen) atoms. The fourth-order valence-electron chi connectivity index (χ4n) is 5.78. The zero-order valence-corrected chi connectivity index (χ0v) is 23.5. The average molecular weight is 579 g/mol. The summed E-state index contributed by atoms with van der Waals surface area (Å²) in [5, 5.41) is 0.760. The molecule has 2 aromatic heterocycles. The first-order chi connectivity index (χ1) is 20.3. The number of H-pyrrole nitrogens is 1. The highest BCUT2D eigenvalue weighted by Gasteiger charge is 2.34. The van der Waals surface area contributed by atoms with E-state index in [4.69, 9.17) is 4.74 Å². The molecule has 1 fully saturated rings. The van der Waals surface area contributed by atoms with E-state index in [2.05, 4.69) is 31.7 Å². The summed E-state index contributed by atoms with van der Waals surface area (Å²) in [6.07, 6.45) is -0.721. The van der Waals surface area contributed by atoms with E-state index in [1.807, 2.05) is 24.3 Å². The van der Waals surface area contributed by atoms with Gasteiger partial charge in [0.15, 0.2) is 0 Å². The first-order valence-corrected chi connectivity index (χ1v) is 14.3. The lowest BCUT2D eigenvalue weighted by Gasteiger charge is -2.34. The Morgan fingerprint density at radius 2 is 1.79 bits per heavy atom. The minimum Gasteiger partial charge on any atom is -0.438 e. The molecule has 11 heteroatoms. The number of benzene rings is 2. The normalized spacial score (nSPS) is 16.5. The lowest BCUT2D eigenvalue weighted by Crippen LogP contribution is -2.45. The minimum atomic E-state index is -4.49. The molecule has 4 heterocycles. The molecule has 0 bridgehead atoms. The third kappa shape index (κ3) is 6.12. The molecule has 0 unspecified atom stereocenters. The van der Waals surface area contributed by atoms with Crippen LogP contribution in [-0.2, 0) is 36.9 Å². The highest BCUT2D eigenvalue weighted by Crippen LogP contribution is 2.34. The minimum absolute atomic E-state index is 0.0868. The second-order valence-electron chi connectivity index (χ2n) is 10.9. The van der Waals surface area contributed by atoms with Crippen LogP contribution in [0.3, 0.4) is 0 Å². The van der Waals surface area contributed by atoms with Crippen LogP contribution in [0.4, 0.5) is 13.2 Å². The molecule has 0 spiro atoms. The van der Waals surface area contributed by atoms with E-state index in [9.17, 15) is 18.0 Å². The van der Waals surface area contributed by atoms with E-state index >= 15 is 0 Å². The van der Waals surface area contributed by atoms with Crippen molar-refractivity contribution in [3.8, 4) is 11.6 Å². The quantitative estimate of drug-likeness (QED) is 0.332. The number of aromatic nitrogens is 3. The summed E-state index contributed by atoms with van der Waals surface area (Å²) in [5.41, 5.74) is 2.70. The number of hydrogen-bond donors (Lipinski definition) is 1. The van der Waals surface area contributed by atoms with Gasteiger partial charge in [0.05, 0.1) is 17.4 Å². The van der Waals surface area contributed by atoms with Crippen molar-refractivity contribution in [3.05, 3.63) is 82.8 Å². The number of likely N-dealkylation sites (N-methyl/N-ethyl adjacent to an activating group) is 1. The van der Waals surface area contributed by atoms with Gasteiger partial charge in [-0.05, 0) is 59.5 Å². The second kappa shape index (κ2) is 11.7. The Kier molecular flexibility index (Phi) is 7.87. The molecule has 1 N–H and O–H groups in total. The average Bonchev–Trinajstić information content (AvgIpc) is 3.47. The van der Waals surface area contributed by atoms with Crippen LogP contribution >= 0.6 is 0 Å². The van der Waals surface area contributed by atoms with Crippen LogP contribution in [0.2, 0.25) is 0 Å². The maximum absolute atomic E-state index is 14.1. The molecular weight excluding hydrogens is 545 g/mol. The zero-order chi connectivity index (χ0) is 29.3. The van der Waals surface area contributed by atoms with Gasteiger partial charge < -0.3 is 19.5 Å². The van der Waals surface area contributed by atoms with Crippen molar-refractivity contribution in [2.45, 2.75) is 39.0 Å². The van der Waals surface area contributed by atoms with Crippen LogP contribution in [0.1, 0.15) is 34.7 Å². The SMILES string of the molecule is CCN1CCN(Cc2ccc(CC(=O)N3CCc4ccc(Oc5ncnc6[nH]ccc56)cc4C3)cc2C(F)(F)F)CC1. The van der Waals surface area contributed by atoms with Crippen LogP contribution < -0.4 is 4.74 Å². The summed E-state index contributed by atoms with van der Waals surface area (Å²) in [7, 11) is 0. The number of carbonyl (C=O) groups excluding carboxylic acids is 1. The molecule has 2 aromatic carbocycles. The van der Waals surface area contributed by atoms with Crippen molar-refractivity contribution < 1.29 is 22.7 Å². The topological polar surface area (TPSA) is 77.6 Å². The summed E-state index contributed by atoms with van der Waals surface area (Å²) in [6, 6.07) is 12.0. The molecule has 220 valence electrons. The largest absolute Gasteiger partial charge is 0.438 e. The number of amides is 1. The Labute approximate surface area is 242 Å². The van der Waals surface area contributed by atoms with Crippen molar-refractivity contribution in [3.63, 3.8) is 0 Å². The maximum atomic E-state index is 14.1. The number of carbonyl (C=O) groups is 1. The summed E-state index contributed by atoms with van der Waals surface area (Å²) in [4.78, 5) is 30.8. The predicted molar refractivity (Wildman–Crippen MR) is 152 cm³/mol. The second-order valence-corrected chi connectivity index (χ2v) is 10.9. The number of ether oxygens (including phenoxy) is 1. The summed E-state index contributed by atoms with van der Waals surface area (Å²) < 4.78 is 48.3. The number of hydrogen-bond acceptors (Lipinski definition) is 6. The molecule has 2 aliphatic rings. The smallest absolute Gasteiger partial charge is 0.416 e. The van der Waals surface area contributed by atoms with Crippen LogP contribution in [0, 0.1) is 0 Å². The van der Waals surface area contributed by atoms with Crippen LogP contribution in [-0.4, -0.2) is 74.8 Å². The third-order valence-electron chi connectivity index (χ3n) is 8.22. The Balaban J connectivity index is 1.13. The van der Waals surface area contributed by atoms with Gasteiger partial charge in [0.2, 0.25) is 11.8 Å². The van der Waals surface area contributed by atoms with Crippen LogP contribution in [0.5, 0.6) is 11.6 Å². The molecule has 0 aliphatic carbocycles. The fraction of sp³-hybridized carbons (Fsp3) is 0.387. The number of fused-ring (bicyclic) bond motifs is 2. The third-order valence-corrected chi connectivity index (χ3v) is 8.22. The van der Waals surface area contributed by atoms with Crippen molar-refractivity contribution >= 4 is 16.9 Å². The lowest BCUT2D eigenvalue weighted by atomic mass is 9.97. The van der Waals surface area contributed by atoms with Crippen LogP contribution in [0.25, 0.3) is 11.0 Å². The van der Waals surface area contributed by atoms with Gasteiger partial charge in [-0.2, -0.15) is 13.2 Å². The molecule has 4 aromatic rings. The van der Waals surface area contributed by atoms with Gasteiger partial charge in [-0.25, -0.2) is 9.97 Å². The number of halogens is 3. The molecule has 0 atom stereocenters. The van der Waals surface area contributed by atoms with Crippen LogP contribution in [0.15, 0.2) is 55.0 Å². The van der Waals surface area contributed by atoms with Gasteiger partial charge in [-0.3, -0.25) is 9.69 Å². The van der Waals surface area contributed by atoms with Gasteiger partial charge in [-0.1, -0.05) is 25.1 Å². The van der Waals surface area contributed by atoms with Crippen molar-refractivity contribution in [2.75, 3.05) is 39.3 Å². The Hall–Kier alpha value is -3.96. The van der Waals surface area contributed by atoms with Gasteiger partial charge in [0, 0.05) is 52.0 Å². The lowest BCUT2D eigenvalue weighted by molar-refractivity contribution is -0.138. The number of nitrogens with zero attached hydrogens (tertiary/aromatic N) is 5. The first kappa shape index (κ1) is 28.2. The summed E-state index contributed by atoms with van der Waals surface area (Å²) in [6.45, 7) is 7.35. The molecule has 8 nitrogen and oxygen atoms in total. The Bertz CT molecular complexity index is 1580. The summed E-state index contributed by atoms with van der Waals surface area (Å²) >= 11 is 0. The number of nitrogens with one attached hydrogen (secondary N) is 1. The van der Waals surface area contributed by atoms with E-state index in [1.54, 1.807) is 23.2 Å². The number of alkyl halides is 3. The molecule has 6 rings (SSSR count). The molecular formula is C31H33F3N6O2. The maximum Gasteiger partial charge on any atom is 0.416 e. The number of rotatable bonds is 7. The van der Waals surface area contributed by atoms with E-state index in [-0.39, 0.29) is 24.4 Å².